The maximum Gasteiger partial charge on any atom is 0.410 e. The second-order valence-corrected chi connectivity index (χ2v) is 7.73. The number of aliphatic hydroxyl groups excluding tert-OH is 1. The lowest BCUT2D eigenvalue weighted by molar-refractivity contribution is 0.0186. The van der Waals surface area contributed by atoms with Crippen LogP contribution in [0.15, 0.2) is 29.4 Å². The molecule has 1 fully saturated rings. The number of carbonyl (C=O) groups excluding carboxylic acids is 1. The first-order chi connectivity index (χ1) is 12.8. The van der Waals surface area contributed by atoms with Gasteiger partial charge in [-0.15, -0.1) is 0 Å². The molecule has 1 aliphatic rings. The van der Waals surface area contributed by atoms with Gasteiger partial charge >= 0.3 is 6.09 Å². The van der Waals surface area contributed by atoms with E-state index in [4.69, 9.17) is 10.5 Å². The van der Waals surface area contributed by atoms with Crippen LogP contribution in [0.2, 0.25) is 0 Å². The minimum Gasteiger partial charge on any atom is -0.444 e. The molecule has 8 heteroatoms. The van der Waals surface area contributed by atoms with E-state index in [1.807, 2.05) is 43.9 Å². The van der Waals surface area contributed by atoms with E-state index in [1.165, 1.54) is 0 Å². The van der Waals surface area contributed by atoms with Crippen molar-refractivity contribution >= 4 is 12.1 Å². The molecule has 1 unspecified atom stereocenters. The Morgan fingerprint density at radius 1 is 1.30 bits per heavy atom. The van der Waals surface area contributed by atoms with E-state index in [-0.39, 0.29) is 18.6 Å². The number of aliphatic imine (C=N–C) groups is 1. The molecule has 0 radical (unpaired) electrons. The van der Waals surface area contributed by atoms with Gasteiger partial charge in [0.1, 0.15) is 5.60 Å². The van der Waals surface area contributed by atoms with Gasteiger partial charge in [-0.1, -0.05) is 6.07 Å². The molecule has 0 saturated carbocycles. The van der Waals surface area contributed by atoms with Crippen molar-refractivity contribution in [3.05, 3.63) is 30.1 Å². The van der Waals surface area contributed by atoms with Crippen LogP contribution in [-0.2, 0) is 11.2 Å². The Kier molecular flexibility index (Phi) is 7.41. The quantitative estimate of drug-likeness (QED) is 0.588. The fourth-order valence-electron chi connectivity index (χ4n) is 2.77. The van der Waals surface area contributed by atoms with Crippen molar-refractivity contribution < 1.29 is 14.6 Å². The van der Waals surface area contributed by atoms with Crippen molar-refractivity contribution in [1.29, 1.82) is 0 Å². The number of rotatable bonds is 5. The summed E-state index contributed by atoms with van der Waals surface area (Å²) in [5.41, 5.74) is 6.54. The third-order valence-corrected chi connectivity index (χ3v) is 4.25. The molecule has 0 aliphatic carbocycles. The number of pyridine rings is 1. The van der Waals surface area contributed by atoms with Crippen LogP contribution in [0.1, 0.15) is 26.5 Å². The number of amides is 1. The molecule has 3 N–H and O–H groups in total. The molecule has 0 aromatic carbocycles. The van der Waals surface area contributed by atoms with Crippen LogP contribution in [0.3, 0.4) is 0 Å². The summed E-state index contributed by atoms with van der Waals surface area (Å²) in [6.45, 7) is 8.34. The summed E-state index contributed by atoms with van der Waals surface area (Å²) in [5, 5.41) is 9.59. The van der Waals surface area contributed by atoms with Crippen molar-refractivity contribution in [3.8, 4) is 0 Å². The number of ether oxygens (including phenoxy) is 1. The fourth-order valence-corrected chi connectivity index (χ4v) is 2.77. The lowest BCUT2D eigenvalue weighted by atomic mass is 10.0. The highest BCUT2D eigenvalue weighted by molar-refractivity contribution is 5.78. The summed E-state index contributed by atoms with van der Waals surface area (Å²) in [4.78, 5) is 24.5. The van der Waals surface area contributed by atoms with Crippen molar-refractivity contribution in [3.63, 3.8) is 0 Å². The van der Waals surface area contributed by atoms with E-state index in [1.54, 1.807) is 11.1 Å². The molecular formula is C19H31N5O3. The van der Waals surface area contributed by atoms with E-state index in [9.17, 15) is 9.90 Å². The van der Waals surface area contributed by atoms with Gasteiger partial charge < -0.3 is 25.4 Å². The van der Waals surface area contributed by atoms with Crippen molar-refractivity contribution in [2.24, 2.45) is 16.6 Å². The van der Waals surface area contributed by atoms with E-state index in [2.05, 4.69) is 9.98 Å². The third kappa shape index (κ3) is 7.05. The molecule has 1 saturated heterocycles. The predicted octanol–water partition coefficient (Wildman–Crippen LogP) is 1.10. The number of aliphatic hydroxyl groups is 1. The van der Waals surface area contributed by atoms with Crippen molar-refractivity contribution in [2.75, 3.05) is 39.3 Å². The predicted molar refractivity (Wildman–Crippen MR) is 104 cm³/mol. The molecule has 27 heavy (non-hydrogen) atoms. The second kappa shape index (κ2) is 9.55. The van der Waals surface area contributed by atoms with Gasteiger partial charge in [0.05, 0.1) is 0 Å². The lowest BCUT2D eigenvalue weighted by Gasteiger charge is -2.36. The Morgan fingerprint density at radius 2 is 1.96 bits per heavy atom. The molecule has 1 amide bonds. The number of hydrogen-bond donors (Lipinski definition) is 2. The Hall–Kier alpha value is -2.35. The number of hydrogen-bond acceptors (Lipinski definition) is 5. The van der Waals surface area contributed by atoms with Crippen LogP contribution in [0.5, 0.6) is 0 Å². The summed E-state index contributed by atoms with van der Waals surface area (Å²) < 4.78 is 5.40. The molecular weight excluding hydrogens is 346 g/mol. The highest BCUT2D eigenvalue weighted by Gasteiger charge is 2.26. The highest BCUT2D eigenvalue weighted by Crippen LogP contribution is 2.12. The zero-order valence-electron chi connectivity index (χ0n) is 16.5. The molecule has 1 atom stereocenters. The van der Waals surface area contributed by atoms with Gasteiger partial charge in [0.2, 0.25) is 0 Å². The molecule has 1 aromatic heterocycles. The largest absolute Gasteiger partial charge is 0.444 e. The van der Waals surface area contributed by atoms with Gasteiger partial charge in [-0.25, -0.2) is 4.79 Å². The first-order valence-electron chi connectivity index (χ1n) is 9.32. The van der Waals surface area contributed by atoms with Gasteiger partial charge in [0.25, 0.3) is 0 Å². The minimum absolute atomic E-state index is 0.0264. The maximum atomic E-state index is 12.1. The fraction of sp³-hybridized carbons (Fsp3) is 0.632. The Labute approximate surface area is 161 Å². The zero-order valence-corrected chi connectivity index (χ0v) is 16.5. The van der Waals surface area contributed by atoms with Gasteiger partial charge in [0, 0.05) is 57.1 Å². The van der Waals surface area contributed by atoms with E-state index in [0.717, 1.165) is 5.69 Å². The summed E-state index contributed by atoms with van der Waals surface area (Å²) in [5.74, 6) is 0.416. The van der Waals surface area contributed by atoms with Gasteiger partial charge in [-0.05, 0) is 39.3 Å². The first kappa shape index (κ1) is 21.0. The summed E-state index contributed by atoms with van der Waals surface area (Å²) in [7, 11) is 0. The SMILES string of the molecule is CC(C)(C)OC(=O)N1CCN(C(N)=NCC(CO)Cc2ccccn2)CC1. The van der Waals surface area contributed by atoms with Crippen molar-refractivity contribution in [1.82, 2.24) is 14.8 Å². The number of aromatic nitrogens is 1. The Balaban J connectivity index is 1.82. The molecule has 1 aliphatic heterocycles. The summed E-state index contributed by atoms with van der Waals surface area (Å²) in [6.07, 6.45) is 2.10. The molecule has 0 bridgehead atoms. The normalized spacial score (nSPS) is 17.0. The summed E-state index contributed by atoms with van der Waals surface area (Å²) in [6, 6.07) is 5.73. The van der Waals surface area contributed by atoms with Crippen LogP contribution in [0.25, 0.3) is 0 Å². The standard InChI is InChI=1S/C19H31N5O3/c1-19(2,3)27-18(26)24-10-8-23(9-11-24)17(20)22-13-15(14-25)12-16-6-4-5-7-21-16/h4-7,15,25H,8-14H2,1-3H3,(H2,20,22). The number of nitrogens with two attached hydrogens (primary N) is 1. The highest BCUT2D eigenvalue weighted by atomic mass is 16.6. The number of carbonyl (C=O) groups is 1. The van der Waals surface area contributed by atoms with Crippen LogP contribution in [0.4, 0.5) is 4.79 Å². The first-order valence-corrected chi connectivity index (χ1v) is 9.32. The van der Waals surface area contributed by atoms with E-state index in [0.29, 0.717) is 45.1 Å². The zero-order chi connectivity index (χ0) is 19.9. The van der Waals surface area contributed by atoms with Gasteiger partial charge in [-0.3, -0.25) is 9.98 Å². The molecule has 2 rings (SSSR count). The molecule has 0 spiro atoms. The van der Waals surface area contributed by atoms with Crippen LogP contribution in [0, 0.1) is 5.92 Å². The maximum absolute atomic E-state index is 12.1. The smallest absolute Gasteiger partial charge is 0.410 e. The lowest BCUT2D eigenvalue weighted by Crippen LogP contribution is -2.53. The third-order valence-electron chi connectivity index (χ3n) is 4.25. The van der Waals surface area contributed by atoms with Crippen LogP contribution < -0.4 is 5.73 Å². The van der Waals surface area contributed by atoms with E-state index < -0.39 is 5.60 Å². The number of guanidine groups is 1. The Bertz CT molecular complexity index is 622. The minimum atomic E-state index is -0.498. The molecule has 150 valence electrons. The van der Waals surface area contributed by atoms with Gasteiger partial charge in [-0.2, -0.15) is 0 Å². The van der Waals surface area contributed by atoms with Crippen LogP contribution in [-0.4, -0.2) is 76.9 Å². The van der Waals surface area contributed by atoms with Gasteiger partial charge in [0.15, 0.2) is 5.96 Å². The van der Waals surface area contributed by atoms with Crippen molar-refractivity contribution in [2.45, 2.75) is 32.8 Å². The molecule has 1 aromatic rings. The average molecular weight is 377 g/mol. The topological polar surface area (TPSA) is 104 Å². The monoisotopic (exact) mass is 377 g/mol. The Morgan fingerprint density at radius 3 is 2.52 bits per heavy atom. The number of piperazine rings is 1. The molecule has 8 nitrogen and oxygen atoms in total. The average Bonchev–Trinajstić information content (AvgIpc) is 2.64. The second-order valence-electron chi connectivity index (χ2n) is 7.73. The summed E-state index contributed by atoms with van der Waals surface area (Å²) >= 11 is 0. The number of nitrogens with zero attached hydrogens (tertiary/aromatic N) is 4. The van der Waals surface area contributed by atoms with E-state index >= 15 is 0 Å². The molecule has 2 heterocycles. The van der Waals surface area contributed by atoms with Crippen LogP contribution >= 0.6 is 0 Å².